The molecule has 0 bridgehead atoms. The number of unbranched alkanes of at least 4 members (excludes halogenated alkanes) is 21. The lowest BCUT2D eigenvalue weighted by Crippen LogP contribution is -2.17. The van der Waals surface area contributed by atoms with Gasteiger partial charge in [-0.3, -0.25) is 0 Å². The molecule has 0 aliphatic carbocycles. The van der Waals surface area contributed by atoms with E-state index in [9.17, 15) is 5.11 Å². The van der Waals surface area contributed by atoms with Gasteiger partial charge in [0.25, 0.3) is 0 Å². The van der Waals surface area contributed by atoms with E-state index < -0.39 is 0 Å². The molecular formula is C30H62O. The summed E-state index contributed by atoms with van der Waals surface area (Å²) in [5, 5.41) is 10.3. The molecule has 188 valence electrons. The van der Waals surface area contributed by atoms with E-state index >= 15 is 0 Å². The summed E-state index contributed by atoms with van der Waals surface area (Å²) < 4.78 is 0. The van der Waals surface area contributed by atoms with Crippen LogP contribution in [0.1, 0.15) is 181 Å². The summed E-state index contributed by atoms with van der Waals surface area (Å²) in [6, 6.07) is 0. The Kier molecular flexibility index (Phi) is 26.2. The molecule has 0 fully saturated rings. The third kappa shape index (κ3) is 24.4. The van der Waals surface area contributed by atoms with Crippen molar-refractivity contribution in [3.63, 3.8) is 0 Å². The second kappa shape index (κ2) is 26.2. The van der Waals surface area contributed by atoms with Crippen LogP contribution in [0.15, 0.2) is 0 Å². The van der Waals surface area contributed by atoms with E-state index in [2.05, 4.69) is 20.8 Å². The minimum atomic E-state index is -0.0626. The van der Waals surface area contributed by atoms with Crippen molar-refractivity contribution in [2.75, 3.05) is 0 Å². The molecule has 31 heavy (non-hydrogen) atoms. The largest absolute Gasteiger partial charge is 0.393 e. The van der Waals surface area contributed by atoms with Gasteiger partial charge in [0.15, 0.2) is 0 Å². The monoisotopic (exact) mass is 438 g/mol. The van der Waals surface area contributed by atoms with Crippen molar-refractivity contribution in [2.24, 2.45) is 5.92 Å². The Bertz CT molecular complexity index is 314. The third-order valence-corrected chi connectivity index (χ3v) is 7.27. The smallest absolute Gasteiger partial charge is 0.0565 e. The second-order valence-electron chi connectivity index (χ2n) is 10.5. The highest BCUT2D eigenvalue weighted by Crippen LogP contribution is 2.20. The Morgan fingerprint density at radius 1 is 0.387 bits per heavy atom. The van der Waals surface area contributed by atoms with Gasteiger partial charge >= 0.3 is 0 Å². The van der Waals surface area contributed by atoms with Crippen LogP contribution >= 0.6 is 0 Å². The number of rotatable bonds is 26. The predicted octanol–water partition coefficient (Wildman–Crippen LogP) is 10.8. The quantitative estimate of drug-likeness (QED) is 0.133. The van der Waals surface area contributed by atoms with Crippen molar-refractivity contribution < 1.29 is 5.11 Å². The maximum Gasteiger partial charge on any atom is 0.0565 e. The van der Waals surface area contributed by atoms with Gasteiger partial charge in [-0.1, -0.05) is 168 Å². The average Bonchev–Trinajstić information content (AvgIpc) is 2.77. The summed E-state index contributed by atoms with van der Waals surface area (Å²) in [5.74, 6) is 0.493. The molecule has 1 N–H and O–H groups in total. The molecule has 2 atom stereocenters. The highest BCUT2D eigenvalue weighted by Gasteiger charge is 2.13. The van der Waals surface area contributed by atoms with Crippen LogP contribution in [-0.2, 0) is 0 Å². The lowest BCUT2D eigenvalue weighted by Gasteiger charge is -2.18. The van der Waals surface area contributed by atoms with Crippen molar-refractivity contribution in [1.82, 2.24) is 0 Å². The number of hydrogen-bond donors (Lipinski definition) is 1. The fraction of sp³-hybridized carbons (Fsp3) is 1.00. The zero-order valence-electron chi connectivity index (χ0n) is 22.3. The normalized spacial score (nSPS) is 13.5. The molecule has 0 rings (SSSR count). The van der Waals surface area contributed by atoms with Gasteiger partial charge in [-0.15, -0.1) is 0 Å². The topological polar surface area (TPSA) is 20.2 Å². The highest BCUT2D eigenvalue weighted by molar-refractivity contribution is 4.65. The molecule has 0 saturated heterocycles. The van der Waals surface area contributed by atoms with Gasteiger partial charge in [0.2, 0.25) is 0 Å². The van der Waals surface area contributed by atoms with Crippen molar-refractivity contribution in [2.45, 2.75) is 187 Å². The molecule has 0 aromatic carbocycles. The lowest BCUT2D eigenvalue weighted by molar-refractivity contribution is 0.0985. The molecule has 0 spiro atoms. The van der Waals surface area contributed by atoms with Crippen molar-refractivity contribution in [3.8, 4) is 0 Å². The standard InChI is InChI=1S/C30H62O/c1-4-6-8-10-11-12-13-14-15-16-17-18-19-20-21-22-24-25-27-29(3)30(31)28-26-23-9-7-5-2/h29-31H,4-28H2,1-3H3. The first-order valence-corrected chi connectivity index (χ1v) is 14.9. The molecule has 0 saturated carbocycles. The van der Waals surface area contributed by atoms with E-state index in [4.69, 9.17) is 0 Å². The molecule has 2 unspecified atom stereocenters. The fourth-order valence-electron chi connectivity index (χ4n) is 4.80. The van der Waals surface area contributed by atoms with Gasteiger partial charge in [-0.25, -0.2) is 0 Å². The van der Waals surface area contributed by atoms with Crippen LogP contribution in [-0.4, -0.2) is 11.2 Å². The second-order valence-corrected chi connectivity index (χ2v) is 10.5. The zero-order chi connectivity index (χ0) is 22.8. The summed E-state index contributed by atoms with van der Waals surface area (Å²) in [5.41, 5.74) is 0. The number of aliphatic hydroxyl groups is 1. The van der Waals surface area contributed by atoms with Crippen LogP contribution in [0.5, 0.6) is 0 Å². The van der Waals surface area contributed by atoms with Crippen LogP contribution in [0.25, 0.3) is 0 Å². The molecule has 0 radical (unpaired) electrons. The Labute approximate surface area is 198 Å². The molecule has 0 amide bonds. The zero-order valence-corrected chi connectivity index (χ0v) is 22.3. The van der Waals surface area contributed by atoms with Crippen LogP contribution in [0, 0.1) is 5.92 Å². The van der Waals surface area contributed by atoms with Crippen LogP contribution in [0.2, 0.25) is 0 Å². The maximum atomic E-state index is 10.3. The summed E-state index contributed by atoms with van der Waals surface area (Å²) >= 11 is 0. The molecule has 0 aliphatic heterocycles. The van der Waals surface area contributed by atoms with E-state index in [0.717, 1.165) is 6.42 Å². The average molecular weight is 439 g/mol. The Hall–Kier alpha value is -0.0400. The number of hydrogen-bond acceptors (Lipinski definition) is 1. The van der Waals surface area contributed by atoms with Crippen LogP contribution < -0.4 is 0 Å². The Morgan fingerprint density at radius 2 is 0.645 bits per heavy atom. The van der Waals surface area contributed by atoms with Gasteiger partial charge in [0.05, 0.1) is 6.10 Å². The summed E-state index contributed by atoms with van der Waals surface area (Å²) in [4.78, 5) is 0. The molecular weight excluding hydrogens is 376 g/mol. The lowest BCUT2D eigenvalue weighted by atomic mass is 9.93. The third-order valence-electron chi connectivity index (χ3n) is 7.27. The van der Waals surface area contributed by atoms with Crippen molar-refractivity contribution in [3.05, 3.63) is 0 Å². The molecule has 0 aliphatic rings. The minimum absolute atomic E-state index is 0.0626. The van der Waals surface area contributed by atoms with E-state index in [0.29, 0.717) is 5.92 Å². The van der Waals surface area contributed by atoms with E-state index in [-0.39, 0.29) is 6.10 Å². The Morgan fingerprint density at radius 3 is 0.968 bits per heavy atom. The van der Waals surface area contributed by atoms with E-state index in [1.807, 2.05) is 0 Å². The first-order chi connectivity index (χ1) is 15.2. The van der Waals surface area contributed by atoms with Gasteiger partial charge in [0.1, 0.15) is 0 Å². The maximum absolute atomic E-state index is 10.3. The van der Waals surface area contributed by atoms with Gasteiger partial charge in [-0.2, -0.15) is 0 Å². The summed E-state index contributed by atoms with van der Waals surface area (Å²) in [6.45, 7) is 6.81. The molecule has 0 aromatic heterocycles. The first-order valence-electron chi connectivity index (χ1n) is 14.9. The fourth-order valence-corrected chi connectivity index (χ4v) is 4.80. The predicted molar refractivity (Wildman–Crippen MR) is 142 cm³/mol. The molecule has 1 heteroatoms. The summed E-state index contributed by atoms with van der Waals surface area (Å²) in [6.07, 6.45) is 34.5. The van der Waals surface area contributed by atoms with Gasteiger partial charge in [0, 0.05) is 0 Å². The molecule has 0 aromatic rings. The first kappa shape index (κ1) is 31.0. The van der Waals surface area contributed by atoms with Crippen LogP contribution in [0.4, 0.5) is 0 Å². The SMILES string of the molecule is CCCCCCCCCCCCCCCCCCCCC(C)C(O)CCCCCCC. The Balaban J connectivity index is 3.20. The van der Waals surface area contributed by atoms with Gasteiger partial charge < -0.3 is 5.11 Å². The highest BCUT2D eigenvalue weighted by atomic mass is 16.3. The van der Waals surface area contributed by atoms with Gasteiger partial charge in [-0.05, 0) is 18.8 Å². The van der Waals surface area contributed by atoms with Crippen molar-refractivity contribution >= 4 is 0 Å². The molecule has 0 heterocycles. The molecule has 1 nitrogen and oxygen atoms in total. The van der Waals surface area contributed by atoms with Crippen molar-refractivity contribution in [1.29, 1.82) is 0 Å². The summed E-state index contributed by atoms with van der Waals surface area (Å²) in [7, 11) is 0. The van der Waals surface area contributed by atoms with Crippen LogP contribution in [0.3, 0.4) is 0 Å². The number of aliphatic hydroxyl groups excluding tert-OH is 1. The minimum Gasteiger partial charge on any atom is -0.393 e. The van der Waals surface area contributed by atoms with E-state index in [1.54, 1.807) is 0 Å². The van der Waals surface area contributed by atoms with E-state index in [1.165, 1.54) is 154 Å².